The molecule has 1 saturated carbocycles. The van der Waals surface area contributed by atoms with E-state index in [1.165, 1.54) is 18.6 Å². The monoisotopic (exact) mass is 371 g/mol. The molecule has 0 atom stereocenters. The van der Waals surface area contributed by atoms with E-state index in [0.717, 1.165) is 46.0 Å². The van der Waals surface area contributed by atoms with Crippen LogP contribution in [0.15, 0.2) is 45.8 Å². The van der Waals surface area contributed by atoms with E-state index in [2.05, 4.69) is 12.0 Å². The predicted molar refractivity (Wildman–Crippen MR) is 107 cm³/mol. The predicted octanol–water partition coefficient (Wildman–Crippen LogP) is 4.49. The third kappa shape index (κ3) is 4.07. The van der Waals surface area contributed by atoms with Crippen LogP contribution in [0.3, 0.4) is 0 Å². The van der Waals surface area contributed by atoms with Crippen molar-refractivity contribution in [2.24, 2.45) is 10.1 Å². The Balaban J connectivity index is 2.14. The van der Waals surface area contributed by atoms with Gasteiger partial charge in [0.25, 0.3) is 0 Å². The molecule has 0 N–H and O–H groups in total. The summed E-state index contributed by atoms with van der Waals surface area (Å²) >= 11 is 1.59. The van der Waals surface area contributed by atoms with Crippen molar-refractivity contribution >= 4 is 17.0 Å². The van der Waals surface area contributed by atoms with E-state index in [4.69, 9.17) is 19.6 Å². The molecule has 138 valence electrons. The van der Waals surface area contributed by atoms with Crippen LogP contribution in [0.4, 0.5) is 0 Å². The minimum Gasteiger partial charge on any atom is -0.497 e. The molecule has 0 saturated heterocycles. The summed E-state index contributed by atoms with van der Waals surface area (Å²) in [4.78, 5) is 5.57. The van der Waals surface area contributed by atoms with Crippen molar-refractivity contribution in [3.05, 3.63) is 40.5 Å². The van der Waals surface area contributed by atoms with Crippen LogP contribution in [-0.2, 0) is 0 Å². The fraction of sp³-hybridized carbons (Fsp3) is 0.400. The van der Waals surface area contributed by atoms with Crippen LogP contribution >= 0.6 is 11.3 Å². The summed E-state index contributed by atoms with van der Waals surface area (Å²) in [6.45, 7) is 6.53. The minimum atomic E-state index is 0.602. The van der Waals surface area contributed by atoms with Gasteiger partial charge < -0.3 is 9.47 Å². The second-order valence-electron chi connectivity index (χ2n) is 6.43. The Morgan fingerprint density at radius 3 is 2.65 bits per heavy atom. The van der Waals surface area contributed by atoms with Crippen molar-refractivity contribution in [1.82, 2.24) is 4.68 Å². The molecule has 0 radical (unpaired) electrons. The van der Waals surface area contributed by atoms with Gasteiger partial charge in [0.1, 0.15) is 11.5 Å². The third-order valence-corrected chi connectivity index (χ3v) is 5.13. The SMILES string of the molecule is C=C(C)CN=c1scc(-c2ccc(OC)cc2OC)n1N=C1CCCC1. The molecule has 1 fully saturated rings. The first-order chi connectivity index (χ1) is 12.6. The van der Waals surface area contributed by atoms with Crippen molar-refractivity contribution in [2.45, 2.75) is 32.6 Å². The van der Waals surface area contributed by atoms with Crippen LogP contribution in [0.2, 0.25) is 0 Å². The summed E-state index contributed by atoms with van der Waals surface area (Å²) in [6, 6.07) is 5.84. The summed E-state index contributed by atoms with van der Waals surface area (Å²) in [5, 5.41) is 7.01. The highest BCUT2D eigenvalue weighted by Gasteiger charge is 2.16. The average molecular weight is 372 g/mol. The van der Waals surface area contributed by atoms with Crippen LogP contribution in [0, 0.1) is 0 Å². The highest BCUT2D eigenvalue weighted by molar-refractivity contribution is 7.07. The molecule has 0 unspecified atom stereocenters. The number of ether oxygens (including phenoxy) is 2. The number of benzene rings is 1. The lowest BCUT2D eigenvalue weighted by Gasteiger charge is -2.11. The second-order valence-corrected chi connectivity index (χ2v) is 7.26. The van der Waals surface area contributed by atoms with Crippen LogP contribution < -0.4 is 14.3 Å². The number of hydrogen-bond donors (Lipinski definition) is 0. The zero-order valence-electron chi connectivity index (χ0n) is 15.6. The summed E-state index contributed by atoms with van der Waals surface area (Å²) in [7, 11) is 3.32. The Labute approximate surface area is 158 Å². The molecule has 2 aromatic rings. The smallest absolute Gasteiger partial charge is 0.206 e. The van der Waals surface area contributed by atoms with Gasteiger partial charge in [-0.15, -0.1) is 11.3 Å². The Kier molecular flexibility index (Phi) is 5.93. The number of aromatic nitrogens is 1. The molecule has 0 amide bonds. The molecule has 0 aliphatic heterocycles. The number of hydrogen-bond acceptors (Lipinski definition) is 5. The summed E-state index contributed by atoms with van der Waals surface area (Å²) in [5.41, 5.74) is 4.22. The van der Waals surface area contributed by atoms with Crippen molar-refractivity contribution in [2.75, 3.05) is 20.8 Å². The Morgan fingerprint density at radius 2 is 2.00 bits per heavy atom. The van der Waals surface area contributed by atoms with E-state index in [1.54, 1.807) is 25.6 Å². The van der Waals surface area contributed by atoms with Gasteiger partial charge in [-0.1, -0.05) is 12.2 Å². The van der Waals surface area contributed by atoms with Gasteiger partial charge in [-0.05, 0) is 44.7 Å². The highest BCUT2D eigenvalue weighted by atomic mass is 32.1. The van der Waals surface area contributed by atoms with E-state index >= 15 is 0 Å². The molecule has 5 nitrogen and oxygen atoms in total. The zero-order chi connectivity index (χ0) is 18.5. The first-order valence-corrected chi connectivity index (χ1v) is 9.65. The maximum absolute atomic E-state index is 5.59. The number of thiazole rings is 1. The van der Waals surface area contributed by atoms with E-state index in [-0.39, 0.29) is 0 Å². The molecule has 1 aliphatic rings. The number of methoxy groups -OCH3 is 2. The quantitative estimate of drug-likeness (QED) is 0.703. The van der Waals surface area contributed by atoms with E-state index < -0.39 is 0 Å². The summed E-state index contributed by atoms with van der Waals surface area (Å²) in [5.74, 6) is 1.52. The maximum atomic E-state index is 5.59. The van der Waals surface area contributed by atoms with Gasteiger partial charge in [-0.25, -0.2) is 4.68 Å². The lowest BCUT2D eigenvalue weighted by atomic mass is 10.1. The fourth-order valence-corrected chi connectivity index (χ4v) is 3.75. The summed E-state index contributed by atoms with van der Waals surface area (Å²) in [6.07, 6.45) is 4.54. The molecule has 3 rings (SSSR count). The van der Waals surface area contributed by atoms with Gasteiger partial charge in [0.05, 0.1) is 26.5 Å². The molecule has 0 bridgehead atoms. The topological polar surface area (TPSA) is 48.1 Å². The van der Waals surface area contributed by atoms with Crippen molar-refractivity contribution < 1.29 is 9.47 Å². The molecular weight excluding hydrogens is 346 g/mol. The Hall–Kier alpha value is -2.34. The van der Waals surface area contributed by atoms with E-state index in [9.17, 15) is 0 Å². The fourth-order valence-electron chi connectivity index (χ4n) is 2.93. The first-order valence-electron chi connectivity index (χ1n) is 8.77. The molecule has 1 heterocycles. The third-order valence-electron chi connectivity index (χ3n) is 4.28. The minimum absolute atomic E-state index is 0.602. The first kappa shape index (κ1) is 18.5. The van der Waals surface area contributed by atoms with Gasteiger partial charge >= 0.3 is 0 Å². The zero-order valence-corrected chi connectivity index (χ0v) is 16.4. The molecular formula is C20H25N3O2S. The van der Waals surface area contributed by atoms with E-state index in [0.29, 0.717) is 6.54 Å². The Morgan fingerprint density at radius 1 is 1.23 bits per heavy atom. The van der Waals surface area contributed by atoms with Gasteiger partial charge in [0.15, 0.2) is 0 Å². The lowest BCUT2D eigenvalue weighted by molar-refractivity contribution is 0.395. The van der Waals surface area contributed by atoms with Crippen molar-refractivity contribution in [3.63, 3.8) is 0 Å². The summed E-state index contributed by atoms with van der Waals surface area (Å²) < 4.78 is 12.9. The normalized spacial score (nSPS) is 14.6. The number of rotatable bonds is 6. The lowest BCUT2D eigenvalue weighted by Crippen LogP contribution is -2.14. The Bertz CT molecular complexity index is 885. The van der Waals surface area contributed by atoms with Gasteiger partial charge in [-0.3, -0.25) is 4.99 Å². The molecule has 1 aromatic heterocycles. The number of nitrogens with zero attached hydrogens (tertiary/aromatic N) is 3. The molecule has 1 aromatic carbocycles. The average Bonchev–Trinajstić information content (AvgIpc) is 3.30. The largest absolute Gasteiger partial charge is 0.497 e. The standard InChI is InChI=1S/C20H25N3O2S/c1-14(2)12-21-20-23(22-15-7-5-6-8-15)18(13-26-20)17-10-9-16(24-3)11-19(17)25-4/h9-11,13H,1,5-8,12H2,2-4H3. The molecule has 6 heteroatoms. The van der Waals surface area contributed by atoms with Crippen LogP contribution in [0.1, 0.15) is 32.6 Å². The van der Waals surface area contributed by atoms with Crippen molar-refractivity contribution in [3.8, 4) is 22.8 Å². The van der Waals surface area contributed by atoms with Crippen LogP contribution in [0.5, 0.6) is 11.5 Å². The van der Waals surface area contributed by atoms with Gasteiger partial charge in [0.2, 0.25) is 4.80 Å². The van der Waals surface area contributed by atoms with Gasteiger partial charge in [-0.2, -0.15) is 5.10 Å². The maximum Gasteiger partial charge on any atom is 0.206 e. The molecule has 26 heavy (non-hydrogen) atoms. The van der Waals surface area contributed by atoms with E-state index in [1.807, 2.05) is 29.8 Å². The van der Waals surface area contributed by atoms with Gasteiger partial charge in [0, 0.05) is 22.7 Å². The second kappa shape index (κ2) is 8.36. The highest BCUT2D eigenvalue weighted by Crippen LogP contribution is 2.33. The molecule has 0 spiro atoms. The van der Waals surface area contributed by atoms with Crippen LogP contribution in [0.25, 0.3) is 11.3 Å². The van der Waals surface area contributed by atoms with Crippen molar-refractivity contribution in [1.29, 1.82) is 0 Å². The molecule has 1 aliphatic carbocycles. The van der Waals surface area contributed by atoms with Crippen LogP contribution in [-0.4, -0.2) is 31.2 Å².